The van der Waals surface area contributed by atoms with Crippen molar-refractivity contribution in [3.8, 4) is 5.75 Å². The van der Waals surface area contributed by atoms with Gasteiger partial charge in [0.1, 0.15) is 5.75 Å². The van der Waals surface area contributed by atoms with Crippen molar-refractivity contribution in [2.24, 2.45) is 5.73 Å². The van der Waals surface area contributed by atoms with Gasteiger partial charge in [-0.25, -0.2) is 4.57 Å². The fourth-order valence-corrected chi connectivity index (χ4v) is 2.00. The van der Waals surface area contributed by atoms with Crippen LogP contribution in [0.4, 0.5) is 4.20 Å². The highest BCUT2D eigenvalue weighted by molar-refractivity contribution is 7.47. The number of rotatable bonds is 5. The van der Waals surface area contributed by atoms with Crippen LogP contribution in [0.5, 0.6) is 5.75 Å². The van der Waals surface area contributed by atoms with Crippen LogP contribution in [0, 0.1) is 0 Å². The lowest BCUT2D eigenvalue weighted by Crippen LogP contribution is -2.16. The van der Waals surface area contributed by atoms with E-state index in [1.807, 2.05) is 0 Å². The standard InChI is InChI=1S/C12H19FNO3P/c1-4-12(2,3)10-5-6-11(9(7-10)8-14)17-18(13,15)16/h5-7H,4,8,14H2,1-3H3,(H,15,16). The average Bonchev–Trinajstić information content (AvgIpc) is 2.27. The van der Waals surface area contributed by atoms with E-state index in [4.69, 9.17) is 10.6 Å². The number of benzene rings is 1. The van der Waals surface area contributed by atoms with Gasteiger partial charge in [0, 0.05) is 12.1 Å². The van der Waals surface area contributed by atoms with Crippen LogP contribution in [0.1, 0.15) is 38.3 Å². The Kier molecular flexibility index (Phi) is 4.54. The van der Waals surface area contributed by atoms with Gasteiger partial charge in [-0.2, -0.15) is 0 Å². The van der Waals surface area contributed by atoms with Gasteiger partial charge in [0.05, 0.1) is 0 Å². The molecule has 1 unspecified atom stereocenters. The van der Waals surface area contributed by atoms with E-state index in [1.165, 1.54) is 6.07 Å². The second-order valence-corrected chi connectivity index (χ2v) is 5.89. The molecule has 0 amide bonds. The summed E-state index contributed by atoms with van der Waals surface area (Å²) in [4.78, 5) is 8.59. The second-order valence-electron chi connectivity index (χ2n) is 4.81. The molecule has 0 heterocycles. The highest BCUT2D eigenvalue weighted by Crippen LogP contribution is 2.45. The van der Waals surface area contributed by atoms with Crippen LogP contribution in [0.3, 0.4) is 0 Å². The van der Waals surface area contributed by atoms with Gasteiger partial charge in [-0.05, 0) is 23.5 Å². The van der Waals surface area contributed by atoms with Crippen LogP contribution in [0.25, 0.3) is 0 Å². The fraction of sp³-hybridized carbons (Fsp3) is 0.500. The normalized spacial score (nSPS) is 15.2. The van der Waals surface area contributed by atoms with Gasteiger partial charge in [-0.3, -0.25) is 4.89 Å². The maximum atomic E-state index is 12.6. The summed E-state index contributed by atoms with van der Waals surface area (Å²) < 4.78 is 27.6. The predicted molar refractivity (Wildman–Crippen MR) is 69.2 cm³/mol. The molecule has 0 aliphatic heterocycles. The molecular weight excluding hydrogens is 256 g/mol. The summed E-state index contributed by atoms with van der Waals surface area (Å²) in [7, 11) is -5.05. The van der Waals surface area contributed by atoms with Gasteiger partial charge in [0.25, 0.3) is 0 Å². The molecule has 0 aromatic heterocycles. The Morgan fingerprint density at radius 1 is 1.50 bits per heavy atom. The van der Waals surface area contributed by atoms with E-state index >= 15 is 0 Å². The topological polar surface area (TPSA) is 72.5 Å². The van der Waals surface area contributed by atoms with Crippen LogP contribution < -0.4 is 10.3 Å². The first-order valence-electron chi connectivity index (χ1n) is 5.75. The molecule has 0 spiro atoms. The molecular formula is C12H19FNO3P. The molecule has 0 bridgehead atoms. The largest absolute Gasteiger partial charge is 0.567 e. The Hall–Kier alpha value is -0.900. The van der Waals surface area contributed by atoms with Gasteiger partial charge in [0.15, 0.2) is 0 Å². The minimum absolute atomic E-state index is 0.0153. The zero-order chi connectivity index (χ0) is 14.0. The molecule has 3 N–H and O–H groups in total. The van der Waals surface area contributed by atoms with Crippen molar-refractivity contribution in [2.45, 2.75) is 39.2 Å². The smallest absolute Gasteiger partial charge is 0.401 e. The molecule has 1 aromatic carbocycles. The van der Waals surface area contributed by atoms with Crippen molar-refractivity contribution < 1.29 is 18.2 Å². The first kappa shape index (κ1) is 15.2. The summed E-state index contributed by atoms with van der Waals surface area (Å²) in [5.41, 5.74) is 7.06. The third-order valence-electron chi connectivity index (χ3n) is 3.16. The lowest BCUT2D eigenvalue weighted by molar-refractivity contribution is 0.329. The molecule has 1 atom stereocenters. The van der Waals surface area contributed by atoms with Crippen LogP contribution in [0.15, 0.2) is 18.2 Å². The third-order valence-corrected chi connectivity index (χ3v) is 3.58. The van der Waals surface area contributed by atoms with Gasteiger partial charge in [-0.15, -0.1) is 4.20 Å². The van der Waals surface area contributed by atoms with Gasteiger partial charge in [0.2, 0.25) is 0 Å². The van der Waals surface area contributed by atoms with Gasteiger partial charge >= 0.3 is 7.91 Å². The molecule has 102 valence electrons. The van der Waals surface area contributed by atoms with Crippen molar-refractivity contribution >= 4 is 7.91 Å². The summed E-state index contributed by atoms with van der Waals surface area (Å²) in [6, 6.07) is 5.03. The third kappa shape index (κ3) is 3.80. The molecule has 4 nitrogen and oxygen atoms in total. The van der Waals surface area contributed by atoms with E-state index in [2.05, 4.69) is 25.3 Å². The Morgan fingerprint density at radius 3 is 2.56 bits per heavy atom. The highest BCUT2D eigenvalue weighted by atomic mass is 31.2. The number of halogens is 1. The molecule has 1 aromatic rings. The number of nitrogens with two attached hydrogens (primary N) is 1. The van der Waals surface area contributed by atoms with Crippen LogP contribution in [0.2, 0.25) is 0 Å². The van der Waals surface area contributed by atoms with Gasteiger partial charge in [-0.1, -0.05) is 32.9 Å². The molecule has 18 heavy (non-hydrogen) atoms. The minimum Gasteiger partial charge on any atom is -0.401 e. The van der Waals surface area contributed by atoms with E-state index in [-0.39, 0.29) is 17.7 Å². The summed E-state index contributed by atoms with van der Waals surface area (Å²) in [6.45, 7) is 6.34. The van der Waals surface area contributed by atoms with Crippen molar-refractivity contribution in [1.82, 2.24) is 0 Å². The van der Waals surface area contributed by atoms with E-state index in [1.54, 1.807) is 12.1 Å². The van der Waals surface area contributed by atoms with Crippen LogP contribution in [-0.4, -0.2) is 4.89 Å². The first-order valence-corrected chi connectivity index (χ1v) is 7.22. The van der Waals surface area contributed by atoms with Crippen molar-refractivity contribution in [2.75, 3.05) is 0 Å². The summed E-state index contributed by atoms with van der Waals surface area (Å²) >= 11 is 0. The summed E-state index contributed by atoms with van der Waals surface area (Å²) in [6.07, 6.45) is 0.929. The Balaban J connectivity index is 3.16. The zero-order valence-electron chi connectivity index (χ0n) is 10.8. The molecule has 0 radical (unpaired) electrons. The molecule has 0 saturated carbocycles. The van der Waals surface area contributed by atoms with E-state index in [0.717, 1.165) is 12.0 Å². The van der Waals surface area contributed by atoms with Crippen molar-refractivity contribution in [3.63, 3.8) is 0 Å². The van der Waals surface area contributed by atoms with Crippen molar-refractivity contribution in [1.29, 1.82) is 0 Å². The average molecular weight is 275 g/mol. The Bertz CT molecular complexity index is 470. The van der Waals surface area contributed by atoms with E-state index < -0.39 is 7.91 Å². The Labute approximate surface area is 107 Å². The minimum atomic E-state index is -5.05. The molecule has 6 heteroatoms. The maximum Gasteiger partial charge on any atom is 0.567 e. The number of hydrogen-bond acceptors (Lipinski definition) is 3. The van der Waals surface area contributed by atoms with Crippen LogP contribution >= 0.6 is 7.91 Å². The van der Waals surface area contributed by atoms with E-state index in [9.17, 15) is 8.76 Å². The van der Waals surface area contributed by atoms with Gasteiger partial charge < -0.3 is 10.3 Å². The summed E-state index contributed by atoms with van der Waals surface area (Å²) in [5, 5.41) is 0. The quantitative estimate of drug-likeness (QED) is 0.809. The SMILES string of the molecule is CCC(C)(C)c1ccc(OP(=O)(O)F)c(CN)c1. The lowest BCUT2D eigenvalue weighted by Gasteiger charge is -2.24. The maximum absolute atomic E-state index is 12.6. The number of hydrogen-bond donors (Lipinski definition) is 2. The Morgan fingerprint density at radius 2 is 2.11 bits per heavy atom. The molecule has 0 aliphatic rings. The van der Waals surface area contributed by atoms with Crippen molar-refractivity contribution in [3.05, 3.63) is 29.3 Å². The zero-order valence-corrected chi connectivity index (χ0v) is 11.7. The van der Waals surface area contributed by atoms with E-state index in [0.29, 0.717) is 5.56 Å². The summed E-state index contributed by atoms with van der Waals surface area (Å²) in [5.74, 6) is 0.0153. The molecule has 0 saturated heterocycles. The second kappa shape index (κ2) is 5.39. The van der Waals surface area contributed by atoms with Crippen LogP contribution in [-0.2, 0) is 16.5 Å². The molecule has 1 rings (SSSR count). The first-order chi connectivity index (χ1) is 8.19. The molecule has 0 aliphatic carbocycles. The highest BCUT2D eigenvalue weighted by Gasteiger charge is 2.23. The predicted octanol–water partition coefficient (Wildman–Crippen LogP) is 3.28. The monoisotopic (exact) mass is 275 g/mol. The lowest BCUT2D eigenvalue weighted by atomic mass is 9.81. The fourth-order valence-electron chi connectivity index (χ4n) is 1.57. The molecule has 0 fully saturated rings.